The van der Waals surface area contributed by atoms with Crippen molar-refractivity contribution < 1.29 is 4.74 Å². The summed E-state index contributed by atoms with van der Waals surface area (Å²) >= 11 is 0. The van der Waals surface area contributed by atoms with E-state index in [2.05, 4.69) is 11.4 Å². The van der Waals surface area contributed by atoms with Gasteiger partial charge >= 0.3 is 0 Å². The van der Waals surface area contributed by atoms with E-state index in [-0.39, 0.29) is 12.4 Å². The van der Waals surface area contributed by atoms with Crippen LogP contribution in [-0.2, 0) is 4.74 Å². The molecule has 1 heterocycles. The highest BCUT2D eigenvalue weighted by atomic mass is 35.5. The summed E-state index contributed by atoms with van der Waals surface area (Å²) in [5.41, 5.74) is -0.446. The second-order valence-electron chi connectivity index (χ2n) is 2.42. The number of rotatable bonds is 0. The first kappa shape index (κ1) is 9.70. The van der Waals surface area contributed by atoms with Crippen LogP contribution in [0.25, 0.3) is 0 Å². The predicted octanol–water partition coefficient (Wildman–Crippen LogP) is 0.310. The summed E-state index contributed by atoms with van der Waals surface area (Å²) < 4.78 is 5.09. The number of nitrogens with zero attached hydrogens (tertiary/aromatic N) is 1. The Morgan fingerprint density at radius 1 is 1.70 bits per heavy atom. The molecule has 0 bridgehead atoms. The van der Waals surface area contributed by atoms with Gasteiger partial charge in [-0.25, -0.2) is 0 Å². The predicted molar refractivity (Wildman–Crippen MR) is 40.1 cm³/mol. The van der Waals surface area contributed by atoms with Crippen LogP contribution in [0.2, 0.25) is 0 Å². The maximum absolute atomic E-state index is 8.56. The number of halogens is 1. The van der Waals surface area contributed by atoms with Gasteiger partial charge in [0.2, 0.25) is 0 Å². The lowest BCUT2D eigenvalue weighted by atomic mass is 10.1. The first-order chi connectivity index (χ1) is 4.27. The molecule has 1 aliphatic heterocycles. The molecule has 1 unspecified atom stereocenters. The van der Waals surface area contributed by atoms with E-state index < -0.39 is 5.54 Å². The van der Waals surface area contributed by atoms with Gasteiger partial charge in [-0.05, 0) is 6.92 Å². The monoisotopic (exact) mass is 162 g/mol. The van der Waals surface area contributed by atoms with Crippen LogP contribution in [0.5, 0.6) is 0 Å². The van der Waals surface area contributed by atoms with E-state index in [1.165, 1.54) is 0 Å². The zero-order valence-electron chi connectivity index (χ0n) is 5.89. The van der Waals surface area contributed by atoms with Gasteiger partial charge in [-0.15, -0.1) is 12.4 Å². The molecule has 3 nitrogen and oxygen atoms in total. The largest absolute Gasteiger partial charge is 0.377 e. The second-order valence-corrected chi connectivity index (χ2v) is 2.42. The molecule has 1 aliphatic rings. The molecule has 0 aliphatic carbocycles. The van der Waals surface area contributed by atoms with Crippen LogP contribution >= 0.6 is 12.4 Å². The molecule has 0 aromatic carbocycles. The number of morpholine rings is 1. The lowest BCUT2D eigenvalue weighted by molar-refractivity contribution is 0.0581. The summed E-state index contributed by atoms with van der Waals surface area (Å²) in [5, 5.41) is 11.6. The Morgan fingerprint density at radius 3 is 2.70 bits per heavy atom. The van der Waals surface area contributed by atoms with E-state index in [1.807, 2.05) is 6.92 Å². The molecule has 4 heteroatoms. The average molecular weight is 163 g/mol. The third-order valence-corrected chi connectivity index (χ3v) is 1.40. The summed E-state index contributed by atoms with van der Waals surface area (Å²) in [7, 11) is 0. The average Bonchev–Trinajstić information content (AvgIpc) is 1.90. The number of ether oxygens (including phenoxy) is 1. The molecule has 10 heavy (non-hydrogen) atoms. The van der Waals surface area contributed by atoms with E-state index in [1.54, 1.807) is 0 Å². The third kappa shape index (κ3) is 2.14. The number of nitriles is 1. The third-order valence-electron chi connectivity index (χ3n) is 1.40. The molecule has 58 valence electrons. The van der Waals surface area contributed by atoms with Gasteiger partial charge in [-0.1, -0.05) is 0 Å². The SMILES string of the molecule is CC1(C#N)COCCN1.Cl. The second kappa shape index (κ2) is 3.77. The number of nitrogens with one attached hydrogen (secondary N) is 1. The van der Waals surface area contributed by atoms with Crippen LogP contribution in [0.4, 0.5) is 0 Å². The van der Waals surface area contributed by atoms with Crippen molar-refractivity contribution in [2.75, 3.05) is 19.8 Å². The standard InChI is InChI=1S/C6H10N2O.ClH/c1-6(4-7)5-9-3-2-8-6;/h8H,2-3,5H2,1H3;1H. The van der Waals surface area contributed by atoms with Crippen LogP contribution in [0, 0.1) is 11.3 Å². The summed E-state index contributed by atoms with van der Waals surface area (Å²) in [6.45, 7) is 3.84. The summed E-state index contributed by atoms with van der Waals surface area (Å²) in [5.74, 6) is 0. The lowest BCUT2D eigenvalue weighted by Gasteiger charge is -2.27. The lowest BCUT2D eigenvalue weighted by Crippen LogP contribution is -2.50. The fourth-order valence-corrected chi connectivity index (χ4v) is 0.798. The Kier molecular flexibility index (Phi) is 3.66. The first-order valence-electron chi connectivity index (χ1n) is 3.01. The molecule has 1 atom stereocenters. The molecular formula is C6H11ClN2O. The van der Waals surface area contributed by atoms with Crippen molar-refractivity contribution in [3.63, 3.8) is 0 Å². The van der Waals surface area contributed by atoms with Crippen LogP contribution in [0.1, 0.15) is 6.92 Å². The fraction of sp³-hybridized carbons (Fsp3) is 0.833. The van der Waals surface area contributed by atoms with Gasteiger partial charge in [-0.2, -0.15) is 5.26 Å². The van der Waals surface area contributed by atoms with Crippen molar-refractivity contribution >= 4 is 12.4 Å². The van der Waals surface area contributed by atoms with Crippen LogP contribution in [-0.4, -0.2) is 25.3 Å². The zero-order valence-corrected chi connectivity index (χ0v) is 6.70. The Morgan fingerprint density at radius 2 is 2.40 bits per heavy atom. The first-order valence-corrected chi connectivity index (χ1v) is 3.01. The normalized spacial score (nSPS) is 32.0. The van der Waals surface area contributed by atoms with Gasteiger partial charge in [0.15, 0.2) is 0 Å². The summed E-state index contributed by atoms with van der Waals surface area (Å²) in [6, 6.07) is 2.14. The van der Waals surface area contributed by atoms with Crippen molar-refractivity contribution in [1.82, 2.24) is 5.32 Å². The molecule has 0 aromatic heterocycles. The minimum atomic E-state index is -0.446. The molecular weight excluding hydrogens is 152 g/mol. The molecule has 1 rings (SSSR count). The van der Waals surface area contributed by atoms with Gasteiger partial charge in [-0.3, -0.25) is 5.32 Å². The summed E-state index contributed by atoms with van der Waals surface area (Å²) in [6.07, 6.45) is 0. The Balaban J connectivity index is 0.000000810. The van der Waals surface area contributed by atoms with Gasteiger partial charge < -0.3 is 4.74 Å². The van der Waals surface area contributed by atoms with Gasteiger partial charge in [0, 0.05) is 6.54 Å². The van der Waals surface area contributed by atoms with Crippen LogP contribution in [0.15, 0.2) is 0 Å². The van der Waals surface area contributed by atoms with Gasteiger partial charge in [0.05, 0.1) is 19.3 Å². The van der Waals surface area contributed by atoms with Crippen molar-refractivity contribution in [3.05, 3.63) is 0 Å². The molecule has 0 spiro atoms. The Bertz CT molecular complexity index is 137. The number of hydrogen-bond donors (Lipinski definition) is 1. The molecule has 0 aromatic rings. The smallest absolute Gasteiger partial charge is 0.127 e. The number of hydrogen-bond acceptors (Lipinski definition) is 3. The highest BCUT2D eigenvalue weighted by molar-refractivity contribution is 5.85. The van der Waals surface area contributed by atoms with Crippen LogP contribution in [0.3, 0.4) is 0 Å². The van der Waals surface area contributed by atoms with Gasteiger partial charge in [0.1, 0.15) is 5.54 Å². The van der Waals surface area contributed by atoms with E-state index in [0.29, 0.717) is 6.61 Å². The van der Waals surface area contributed by atoms with Gasteiger partial charge in [0.25, 0.3) is 0 Å². The fourth-order valence-electron chi connectivity index (χ4n) is 0.798. The highest BCUT2D eigenvalue weighted by Gasteiger charge is 2.25. The van der Waals surface area contributed by atoms with Crippen molar-refractivity contribution in [3.8, 4) is 6.07 Å². The molecule has 0 radical (unpaired) electrons. The Labute approximate surface area is 66.8 Å². The molecule has 0 amide bonds. The van der Waals surface area contributed by atoms with E-state index >= 15 is 0 Å². The summed E-state index contributed by atoms with van der Waals surface area (Å²) in [4.78, 5) is 0. The topological polar surface area (TPSA) is 45.0 Å². The quantitative estimate of drug-likeness (QED) is 0.558. The maximum atomic E-state index is 8.56. The van der Waals surface area contributed by atoms with E-state index in [0.717, 1.165) is 13.2 Å². The van der Waals surface area contributed by atoms with Crippen molar-refractivity contribution in [2.24, 2.45) is 0 Å². The molecule has 1 saturated heterocycles. The molecule has 1 N–H and O–H groups in total. The van der Waals surface area contributed by atoms with Crippen LogP contribution < -0.4 is 5.32 Å². The minimum absolute atomic E-state index is 0. The minimum Gasteiger partial charge on any atom is -0.377 e. The molecule has 0 saturated carbocycles. The van der Waals surface area contributed by atoms with E-state index in [9.17, 15) is 0 Å². The Hall–Kier alpha value is -0.300. The van der Waals surface area contributed by atoms with Crippen molar-refractivity contribution in [1.29, 1.82) is 5.26 Å². The maximum Gasteiger partial charge on any atom is 0.127 e. The molecule has 1 fully saturated rings. The zero-order chi connectivity index (χ0) is 6.74. The van der Waals surface area contributed by atoms with Crippen molar-refractivity contribution in [2.45, 2.75) is 12.5 Å². The van der Waals surface area contributed by atoms with E-state index in [4.69, 9.17) is 10.00 Å². The highest BCUT2D eigenvalue weighted by Crippen LogP contribution is 2.05.